The molecule has 4 nitrogen and oxygen atoms in total. The van der Waals surface area contributed by atoms with Crippen molar-refractivity contribution in [2.45, 2.75) is 31.7 Å². The minimum atomic E-state index is -4.39. The highest BCUT2D eigenvalue weighted by Crippen LogP contribution is 2.32. The van der Waals surface area contributed by atoms with E-state index in [1.807, 2.05) is 11.9 Å². The van der Waals surface area contributed by atoms with Gasteiger partial charge in [0.1, 0.15) is 6.10 Å². The lowest BCUT2D eigenvalue weighted by atomic mass is 10.0. The van der Waals surface area contributed by atoms with Crippen LogP contribution in [0.1, 0.15) is 18.1 Å². The number of likely N-dealkylation sites (N-methyl/N-ethyl adjacent to an activating group) is 1. The van der Waals surface area contributed by atoms with Crippen molar-refractivity contribution in [3.63, 3.8) is 0 Å². The van der Waals surface area contributed by atoms with Gasteiger partial charge < -0.3 is 15.0 Å². The van der Waals surface area contributed by atoms with E-state index in [1.54, 1.807) is 13.0 Å². The summed E-state index contributed by atoms with van der Waals surface area (Å²) >= 11 is 0. The third kappa shape index (κ3) is 4.94. The molecule has 1 aromatic carbocycles. The van der Waals surface area contributed by atoms with E-state index in [4.69, 9.17) is 4.74 Å². The minimum Gasteiger partial charge on any atom is -0.366 e. The molecule has 1 aliphatic rings. The normalized spacial score (nSPS) is 21.0. The minimum absolute atomic E-state index is 0.115. The van der Waals surface area contributed by atoms with Gasteiger partial charge in [-0.3, -0.25) is 4.79 Å². The van der Waals surface area contributed by atoms with Crippen LogP contribution in [0.3, 0.4) is 0 Å². The van der Waals surface area contributed by atoms with Crippen molar-refractivity contribution < 1.29 is 22.7 Å². The number of benzene rings is 1. The number of nitrogens with one attached hydrogen (secondary N) is 1. The molecular formula is C16H21F3N2O2. The fourth-order valence-corrected chi connectivity index (χ4v) is 2.63. The van der Waals surface area contributed by atoms with E-state index in [-0.39, 0.29) is 17.9 Å². The van der Waals surface area contributed by atoms with E-state index in [9.17, 15) is 18.0 Å². The van der Waals surface area contributed by atoms with Gasteiger partial charge in [-0.2, -0.15) is 13.2 Å². The zero-order valence-electron chi connectivity index (χ0n) is 13.2. The first-order valence-electron chi connectivity index (χ1n) is 7.53. The van der Waals surface area contributed by atoms with E-state index in [0.717, 1.165) is 12.6 Å². The van der Waals surface area contributed by atoms with E-state index in [1.165, 1.54) is 12.1 Å². The summed E-state index contributed by atoms with van der Waals surface area (Å²) in [4.78, 5) is 14.1. The molecule has 0 spiro atoms. The largest absolute Gasteiger partial charge is 0.416 e. The van der Waals surface area contributed by atoms with Gasteiger partial charge in [0.05, 0.1) is 12.2 Å². The number of nitrogens with zero attached hydrogens (tertiary/aromatic N) is 1. The second-order valence-corrected chi connectivity index (χ2v) is 5.89. The van der Waals surface area contributed by atoms with Crippen molar-refractivity contribution in [3.05, 3.63) is 35.4 Å². The van der Waals surface area contributed by atoms with Gasteiger partial charge in [-0.15, -0.1) is 0 Å². The summed E-state index contributed by atoms with van der Waals surface area (Å²) in [5, 5.41) is 2.74. The Morgan fingerprint density at radius 1 is 1.43 bits per heavy atom. The maximum absolute atomic E-state index is 13.0. The van der Waals surface area contributed by atoms with Crippen LogP contribution >= 0.6 is 0 Å². The SMILES string of the molecule is C[C@@H](Cc1ccccc1C(F)(F)F)NC(=O)[C@@H]1CN(C)CCO1. The van der Waals surface area contributed by atoms with Crippen molar-refractivity contribution in [1.29, 1.82) is 0 Å². The molecular weight excluding hydrogens is 309 g/mol. The summed E-state index contributed by atoms with van der Waals surface area (Å²) in [6, 6.07) is 5.01. The predicted molar refractivity (Wildman–Crippen MR) is 80.0 cm³/mol. The molecule has 23 heavy (non-hydrogen) atoms. The highest BCUT2D eigenvalue weighted by Gasteiger charge is 2.33. The summed E-state index contributed by atoms with van der Waals surface area (Å²) in [5.41, 5.74) is -0.482. The third-order valence-corrected chi connectivity index (χ3v) is 3.80. The van der Waals surface area contributed by atoms with Crippen LogP contribution < -0.4 is 5.32 Å². The molecule has 1 aliphatic heterocycles. The summed E-state index contributed by atoms with van der Waals surface area (Å²) < 4.78 is 44.4. The van der Waals surface area contributed by atoms with Crippen molar-refractivity contribution in [1.82, 2.24) is 10.2 Å². The van der Waals surface area contributed by atoms with Crippen molar-refractivity contribution in [3.8, 4) is 0 Å². The molecule has 1 N–H and O–H groups in total. The second-order valence-electron chi connectivity index (χ2n) is 5.89. The first-order chi connectivity index (χ1) is 10.8. The number of hydrogen-bond acceptors (Lipinski definition) is 3. The molecule has 0 aromatic heterocycles. The lowest BCUT2D eigenvalue weighted by Crippen LogP contribution is -2.50. The molecule has 2 atom stereocenters. The molecule has 1 fully saturated rings. The van der Waals surface area contributed by atoms with Gasteiger partial charge in [-0.25, -0.2) is 0 Å². The van der Waals surface area contributed by atoms with Crippen LogP contribution in [0.4, 0.5) is 13.2 Å². The third-order valence-electron chi connectivity index (χ3n) is 3.80. The summed E-state index contributed by atoms with van der Waals surface area (Å²) in [5.74, 6) is -0.284. The number of rotatable bonds is 4. The molecule has 0 radical (unpaired) electrons. The zero-order chi connectivity index (χ0) is 17.0. The van der Waals surface area contributed by atoms with Gasteiger partial charge in [-0.05, 0) is 32.0 Å². The number of carbonyl (C=O) groups excluding carboxylic acids is 1. The van der Waals surface area contributed by atoms with Crippen molar-refractivity contribution >= 4 is 5.91 Å². The molecule has 7 heteroatoms. The van der Waals surface area contributed by atoms with Crippen molar-refractivity contribution in [2.75, 3.05) is 26.7 Å². The van der Waals surface area contributed by atoms with Crippen LogP contribution in [-0.4, -0.2) is 49.7 Å². The lowest BCUT2D eigenvalue weighted by Gasteiger charge is -2.30. The highest BCUT2D eigenvalue weighted by molar-refractivity contribution is 5.81. The standard InChI is InChI=1S/C16H21F3N2O2/c1-11(20-15(22)14-10-21(2)7-8-23-14)9-12-5-3-4-6-13(12)16(17,18)19/h3-6,11,14H,7-10H2,1-2H3,(H,20,22)/t11-,14-/m0/s1. The smallest absolute Gasteiger partial charge is 0.366 e. The number of carbonyl (C=O) groups is 1. The van der Waals surface area contributed by atoms with E-state index in [2.05, 4.69) is 5.32 Å². The average molecular weight is 330 g/mol. The molecule has 1 amide bonds. The summed E-state index contributed by atoms with van der Waals surface area (Å²) in [6.45, 7) is 3.41. The van der Waals surface area contributed by atoms with Crippen LogP contribution in [0.5, 0.6) is 0 Å². The van der Waals surface area contributed by atoms with Gasteiger partial charge in [0, 0.05) is 19.1 Å². The maximum Gasteiger partial charge on any atom is 0.416 e. The molecule has 0 aliphatic carbocycles. The van der Waals surface area contributed by atoms with Gasteiger partial charge >= 0.3 is 6.18 Å². The van der Waals surface area contributed by atoms with Gasteiger partial charge in [-0.1, -0.05) is 18.2 Å². The first-order valence-corrected chi connectivity index (χ1v) is 7.53. The van der Waals surface area contributed by atoms with Gasteiger partial charge in [0.15, 0.2) is 0 Å². The molecule has 0 bridgehead atoms. The quantitative estimate of drug-likeness (QED) is 0.919. The number of halogens is 3. The fourth-order valence-electron chi connectivity index (χ4n) is 2.63. The van der Waals surface area contributed by atoms with Crippen LogP contribution in [-0.2, 0) is 22.1 Å². The summed E-state index contributed by atoms with van der Waals surface area (Å²) in [7, 11) is 1.89. The molecule has 128 valence electrons. The molecule has 0 saturated carbocycles. The number of morpholine rings is 1. The van der Waals surface area contributed by atoms with E-state index < -0.39 is 23.9 Å². The summed E-state index contributed by atoms with van der Waals surface area (Å²) in [6.07, 6.45) is -4.85. The lowest BCUT2D eigenvalue weighted by molar-refractivity contribution is -0.138. The number of alkyl halides is 3. The highest BCUT2D eigenvalue weighted by atomic mass is 19.4. The molecule has 1 saturated heterocycles. The van der Waals surface area contributed by atoms with E-state index in [0.29, 0.717) is 13.2 Å². The van der Waals surface area contributed by atoms with Crippen LogP contribution in [0.2, 0.25) is 0 Å². The first kappa shape index (κ1) is 17.7. The Balaban J connectivity index is 1.97. The Morgan fingerprint density at radius 2 is 2.13 bits per heavy atom. The Kier molecular flexibility index (Phi) is 5.64. The fraction of sp³-hybridized carbons (Fsp3) is 0.562. The monoisotopic (exact) mass is 330 g/mol. The number of ether oxygens (including phenoxy) is 1. The Bertz CT molecular complexity index is 548. The van der Waals surface area contributed by atoms with Gasteiger partial charge in [0.25, 0.3) is 5.91 Å². The zero-order valence-corrected chi connectivity index (χ0v) is 13.2. The second kappa shape index (κ2) is 7.31. The molecule has 1 aromatic rings. The molecule has 1 heterocycles. The van der Waals surface area contributed by atoms with Crippen LogP contribution in [0, 0.1) is 0 Å². The Labute approximate surface area is 133 Å². The number of hydrogen-bond donors (Lipinski definition) is 1. The number of amides is 1. The topological polar surface area (TPSA) is 41.6 Å². The van der Waals surface area contributed by atoms with Gasteiger partial charge in [0.2, 0.25) is 0 Å². The Morgan fingerprint density at radius 3 is 2.78 bits per heavy atom. The Hall–Kier alpha value is -1.60. The molecule has 2 rings (SSSR count). The van der Waals surface area contributed by atoms with E-state index >= 15 is 0 Å². The van der Waals surface area contributed by atoms with Crippen LogP contribution in [0.25, 0.3) is 0 Å². The average Bonchev–Trinajstić information content (AvgIpc) is 2.46. The van der Waals surface area contributed by atoms with Crippen molar-refractivity contribution in [2.24, 2.45) is 0 Å². The van der Waals surface area contributed by atoms with Crippen LogP contribution in [0.15, 0.2) is 24.3 Å². The predicted octanol–water partition coefficient (Wildman–Crippen LogP) is 2.08. The maximum atomic E-state index is 13.0. The molecule has 0 unspecified atom stereocenters.